The normalized spacial score (nSPS) is 17.3. The average Bonchev–Trinajstić information content (AvgIpc) is 2.76. The average molecular weight is 422 g/mol. The van der Waals surface area contributed by atoms with Crippen molar-refractivity contribution in [3.63, 3.8) is 0 Å². The number of benzene rings is 2. The maximum absolute atomic E-state index is 13.2. The van der Waals surface area contributed by atoms with Crippen LogP contribution in [0, 0.1) is 20.8 Å². The standard InChI is InChI=1S/C24H22O7/c1-11-7-17-21(12(2)13(3)24(26)31-17)23-20(11)15(25)10-16(30-23)14-8-18(27-4)22-19(9-14)28-5-6-29-22/h7-9,16H,5-6,10H2,1-4H3. The molecule has 160 valence electrons. The van der Waals surface area contributed by atoms with E-state index in [-0.39, 0.29) is 17.8 Å². The molecule has 0 spiro atoms. The lowest BCUT2D eigenvalue weighted by Gasteiger charge is -2.29. The zero-order valence-electron chi connectivity index (χ0n) is 17.8. The lowest BCUT2D eigenvalue weighted by atomic mass is 9.90. The first-order valence-corrected chi connectivity index (χ1v) is 10.1. The molecule has 0 saturated heterocycles. The SMILES string of the molecule is COc1cc(C2CC(=O)c3c(C)cc4oc(=O)c(C)c(C)c4c3O2)cc2c1OCCO2. The van der Waals surface area contributed by atoms with Crippen LogP contribution < -0.4 is 24.6 Å². The third-order valence-corrected chi connectivity index (χ3v) is 6.02. The first kappa shape index (κ1) is 19.5. The van der Waals surface area contributed by atoms with Gasteiger partial charge in [-0.05, 0) is 50.1 Å². The van der Waals surface area contributed by atoms with Crippen LogP contribution in [0.2, 0.25) is 0 Å². The molecule has 0 fully saturated rings. The van der Waals surface area contributed by atoms with Crippen LogP contribution in [-0.2, 0) is 0 Å². The summed E-state index contributed by atoms with van der Waals surface area (Å²) in [6, 6.07) is 5.37. The fraction of sp³-hybridized carbons (Fsp3) is 0.333. The van der Waals surface area contributed by atoms with Gasteiger partial charge in [-0.15, -0.1) is 0 Å². The van der Waals surface area contributed by atoms with E-state index in [1.165, 1.54) is 0 Å². The first-order valence-electron chi connectivity index (χ1n) is 10.1. The van der Waals surface area contributed by atoms with E-state index in [0.29, 0.717) is 58.3 Å². The topological polar surface area (TPSA) is 84.2 Å². The number of rotatable bonds is 2. The number of methoxy groups -OCH3 is 1. The number of ether oxygens (including phenoxy) is 4. The summed E-state index contributed by atoms with van der Waals surface area (Å²) in [6.07, 6.45) is -0.363. The fourth-order valence-electron chi connectivity index (χ4n) is 4.29. The summed E-state index contributed by atoms with van der Waals surface area (Å²) in [5, 5.41) is 0.653. The van der Waals surface area contributed by atoms with E-state index in [9.17, 15) is 9.59 Å². The molecule has 0 aliphatic carbocycles. The van der Waals surface area contributed by atoms with Crippen LogP contribution in [0.1, 0.15) is 45.1 Å². The van der Waals surface area contributed by atoms with Crippen LogP contribution in [0.3, 0.4) is 0 Å². The summed E-state index contributed by atoms with van der Waals surface area (Å²) in [6.45, 7) is 6.26. The molecule has 7 heteroatoms. The molecule has 2 aromatic carbocycles. The maximum atomic E-state index is 13.2. The molecule has 7 nitrogen and oxygen atoms in total. The smallest absolute Gasteiger partial charge is 0.339 e. The molecule has 0 radical (unpaired) electrons. The second-order valence-electron chi connectivity index (χ2n) is 7.89. The van der Waals surface area contributed by atoms with Gasteiger partial charge in [0.1, 0.15) is 30.7 Å². The molecule has 2 aliphatic heterocycles. The number of ketones is 1. The van der Waals surface area contributed by atoms with Crippen molar-refractivity contribution in [2.75, 3.05) is 20.3 Å². The summed E-state index contributed by atoms with van der Waals surface area (Å²) >= 11 is 0. The highest BCUT2D eigenvalue weighted by atomic mass is 16.6. The van der Waals surface area contributed by atoms with Crippen LogP contribution in [0.5, 0.6) is 23.0 Å². The van der Waals surface area contributed by atoms with E-state index in [2.05, 4.69) is 0 Å². The van der Waals surface area contributed by atoms with Crippen molar-refractivity contribution in [1.82, 2.24) is 0 Å². The third kappa shape index (κ3) is 2.95. The molecule has 3 heterocycles. The second-order valence-corrected chi connectivity index (χ2v) is 7.89. The number of carbonyl (C=O) groups excluding carboxylic acids is 1. The minimum atomic E-state index is -0.540. The molecule has 2 aliphatic rings. The van der Waals surface area contributed by atoms with Gasteiger partial charge in [0.05, 0.1) is 24.5 Å². The van der Waals surface area contributed by atoms with Crippen molar-refractivity contribution < 1.29 is 28.2 Å². The molecule has 0 N–H and O–H groups in total. The molecule has 5 rings (SSSR count). The van der Waals surface area contributed by atoms with E-state index in [1.54, 1.807) is 20.1 Å². The van der Waals surface area contributed by atoms with Gasteiger partial charge in [0.15, 0.2) is 17.3 Å². The molecule has 0 bridgehead atoms. The predicted molar refractivity (Wildman–Crippen MR) is 113 cm³/mol. The number of hydrogen-bond acceptors (Lipinski definition) is 7. The van der Waals surface area contributed by atoms with Gasteiger partial charge in [0, 0.05) is 11.1 Å². The van der Waals surface area contributed by atoms with Gasteiger partial charge in [0.2, 0.25) is 5.75 Å². The Balaban J connectivity index is 1.69. The van der Waals surface area contributed by atoms with E-state index in [1.807, 2.05) is 26.0 Å². The van der Waals surface area contributed by atoms with Crippen molar-refractivity contribution in [1.29, 1.82) is 0 Å². The number of fused-ring (bicyclic) bond motifs is 4. The van der Waals surface area contributed by atoms with Gasteiger partial charge in [-0.1, -0.05) is 0 Å². The van der Waals surface area contributed by atoms with Gasteiger partial charge in [-0.3, -0.25) is 4.79 Å². The first-order chi connectivity index (χ1) is 14.9. The Morgan fingerprint density at radius 1 is 0.968 bits per heavy atom. The van der Waals surface area contributed by atoms with Crippen molar-refractivity contribution in [3.8, 4) is 23.0 Å². The maximum Gasteiger partial charge on any atom is 0.339 e. The van der Waals surface area contributed by atoms with Crippen molar-refractivity contribution in [2.45, 2.75) is 33.3 Å². The van der Waals surface area contributed by atoms with E-state index >= 15 is 0 Å². The van der Waals surface area contributed by atoms with Gasteiger partial charge < -0.3 is 23.4 Å². The van der Waals surface area contributed by atoms with E-state index in [0.717, 1.165) is 16.7 Å². The Morgan fingerprint density at radius 2 is 1.74 bits per heavy atom. The Kier molecular flexibility index (Phi) is 4.43. The quantitative estimate of drug-likeness (QED) is 0.572. The minimum absolute atomic E-state index is 0.0252. The fourth-order valence-corrected chi connectivity index (χ4v) is 4.29. The molecular weight excluding hydrogens is 400 g/mol. The third-order valence-electron chi connectivity index (χ3n) is 6.02. The highest BCUT2D eigenvalue weighted by Crippen LogP contribution is 2.46. The number of hydrogen-bond donors (Lipinski definition) is 0. The highest BCUT2D eigenvalue weighted by Gasteiger charge is 2.33. The summed E-state index contributed by atoms with van der Waals surface area (Å²) in [5.41, 5.74) is 3.27. The predicted octanol–water partition coefficient (Wildman–Crippen LogP) is 4.20. The zero-order valence-corrected chi connectivity index (χ0v) is 17.8. The molecule has 31 heavy (non-hydrogen) atoms. The van der Waals surface area contributed by atoms with Crippen LogP contribution in [0.15, 0.2) is 27.4 Å². The summed E-state index contributed by atoms with van der Waals surface area (Å²) in [4.78, 5) is 25.4. The number of Topliss-reactive ketones (excluding diaryl/α,β-unsaturated/α-hetero) is 1. The Morgan fingerprint density at radius 3 is 2.52 bits per heavy atom. The molecular formula is C24H22O7. The lowest BCUT2D eigenvalue weighted by Crippen LogP contribution is -2.23. The number of carbonyl (C=O) groups is 1. The Bertz CT molecular complexity index is 1280. The Hall–Kier alpha value is -3.48. The number of aryl methyl sites for hydroxylation is 2. The summed E-state index contributed by atoms with van der Waals surface area (Å²) in [7, 11) is 1.56. The van der Waals surface area contributed by atoms with Crippen molar-refractivity contribution >= 4 is 16.8 Å². The highest BCUT2D eigenvalue weighted by molar-refractivity contribution is 6.07. The van der Waals surface area contributed by atoms with Gasteiger partial charge in [-0.25, -0.2) is 4.79 Å². The second kappa shape index (κ2) is 7.04. The zero-order chi connectivity index (χ0) is 21.9. The van der Waals surface area contributed by atoms with Gasteiger partial charge >= 0.3 is 5.63 Å². The van der Waals surface area contributed by atoms with Gasteiger partial charge in [0.25, 0.3) is 0 Å². The summed E-state index contributed by atoms with van der Waals surface area (Å²) in [5.74, 6) is 2.07. The molecule has 3 aromatic rings. The molecule has 0 amide bonds. The lowest BCUT2D eigenvalue weighted by molar-refractivity contribution is 0.0850. The van der Waals surface area contributed by atoms with Crippen molar-refractivity contribution in [2.24, 2.45) is 0 Å². The van der Waals surface area contributed by atoms with Crippen LogP contribution >= 0.6 is 0 Å². The van der Waals surface area contributed by atoms with E-state index < -0.39 is 6.10 Å². The minimum Gasteiger partial charge on any atom is -0.493 e. The van der Waals surface area contributed by atoms with Gasteiger partial charge in [-0.2, -0.15) is 0 Å². The van der Waals surface area contributed by atoms with Crippen LogP contribution in [-0.4, -0.2) is 26.1 Å². The van der Waals surface area contributed by atoms with Crippen LogP contribution in [0.25, 0.3) is 11.0 Å². The van der Waals surface area contributed by atoms with Crippen LogP contribution in [0.4, 0.5) is 0 Å². The monoisotopic (exact) mass is 422 g/mol. The largest absolute Gasteiger partial charge is 0.493 e. The molecule has 1 aromatic heterocycles. The molecule has 0 saturated carbocycles. The Labute approximate surface area is 178 Å². The van der Waals surface area contributed by atoms with Crippen molar-refractivity contribution in [3.05, 3.63) is 56.4 Å². The molecule has 1 unspecified atom stereocenters. The van der Waals surface area contributed by atoms with E-state index in [4.69, 9.17) is 23.4 Å². The summed E-state index contributed by atoms with van der Waals surface area (Å²) < 4.78 is 28.8. The molecule has 1 atom stereocenters.